The number of carbonyl (C=O) groups is 2. The molecule has 4 nitrogen and oxygen atoms in total. The maximum absolute atomic E-state index is 13.6. The van der Waals surface area contributed by atoms with E-state index in [1.807, 2.05) is 6.92 Å². The third-order valence-electron chi connectivity index (χ3n) is 3.70. The largest absolute Gasteiger partial charge is 0.346 e. The van der Waals surface area contributed by atoms with E-state index in [0.29, 0.717) is 5.56 Å². The fourth-order valence-electron chi connectivity index (χ4n) is 2.40. The Morgan fingerprint density at radius 3 is 2.68 bits per heavy atom. The molecule has 1 aromatic carbocycles. The van der Waals surface area contributed by atoms with E-state index in [2.05, 4.69) is 5.32 Å². The van der Waals surface area contributed by atoms with Gasteiger partial charge in [0.05, 0.1) is 12.3 Å². The monoisotopic (exact) mass is 324 g/mol. The lowest BCUT2D eigenvalue weighted by atomic mass is 10.1. The summed E-state index contributed by atoms with van der Waals surface area (Å²) in [6.07, 6.45) is 2.07. The van der Waals surface area contributed by atoms with Crippen molar-refractivity contribution in [3.63, 3.8) is 0 Å². The Labute approximate surface area is 134 Å². The summed E-state index contributed by atoms with van der Waals surface area (Å²) >= 11 is 1.36. The topological polar surface area (TPSA) is 49.4 Å². The lowest BCUT2D eigenvalue weighted by molar-refractivity contribution is -0.131. The van der Waals surface area contributed by atoms with Gasteiger partial charge in [-0.15, -0.1) is 11.8 Å². The van der Waals surface area contributed by atoms with Gasteiger partial charge < -0.3 is 10.2 Å². The Balaban J connectivity index is 1.71. The molecule has 0 unspecified atom stereocenters. The maximum atomic E-state index is 13.6. The van der Waals surface area contributed by atoms with E-state index in [1.165, 1.54) is 17.8 Å². The second-order valence-corrected chi connectivity index (χ2v) is 6.67. The van der Waals surface area contributed by atoms with Gasteiger partial charge in [0.2, 0.25) is 11.8 Å². The number of likely N-dealkylation sites (tertiary alicyclic amines) is 1. The van der Waals surface area contributed by atoms with E-state index in [4.69, 9.17) is 0 Å². The molecule has 6 heteroatoms. The molecule has 0 bridgehead atoms. The summed E-state index contributed by atoms with van der Waals surface area (Å²) in [6.45, 7) is 3.49. The van der Waals surface area contributed by atoms with Gasteiger partial charge in [0.1, 0.15) is 5.82 Å². The summed E-state index contributed by atoms with van der Waals surface area (Å²) in [5.41, 5.74) is 0.591. The second-order valence-electron chi connectivity index (χ2n) is 5.34. The molecule has 1 N–H and O–H groups in total. The highest BCUT2D eigenvalue weighted by atomic mass is 32.2. The molecule has 1 fully saturated rings. The van der Waals surface area contributed by atoms with Crippen molar-refractivity contribution in [3.8, 4) is 0 Å². The lowest BCUT2D eigenvalue weighted by Crippen LogP contribution is -2.39. The number of benzene rings is 1. The lowest BCUT2D eigenvalue weighted by Gasteiger charge is -2.16. The summed E-state index contributed by atoms with van der Waals surface area (Å²) in [5, 5.41) is 2.53. The van der Waals surface area contributed by atoms with Crippen molar-refractivity contribution in [2.45, 2.75) is 25.0 Å². The van der Waals surface area contributed by atoms with Crippen LogP contribution in [0.1, 0.15) is 30.6 Å². The third kappa shape index (κ3) is 4.73. The third-order valence-corrected chi connectivity index (χ3v) is 4.89. The number of halogens is 1. The zero-order valence-corrected chi connectivity index (χ0v) is 13.5. The molecule has 22 heavy (non-hydrogen) atoms. The second kappa shape index (κ2) is 8.17. The van der Waals surface area contributed by atoms with Crippen molar-refractivity contribution in [1.29, 1.82) is 0 Å². The predicted molar refractivity (Wildman–Crippen MR) is 86.1 cm³/mol. The molecule has 1 saturated heterocycles. The molecular formula is C16H21FN2O2S. The van der Waals surface area contributed by atoms with Crippen LogP contribution in [0.3, 0.4) is 0 Å². The van der Waals surface area contributed by atoms with Crippen molar-refractivity contribution in [2.24, 2.45) is 0 Å². The molecule has 1 aliphatic rings. The highest BCUT2D eigenvalue weighted by Crippen LogP contribution is 2.29. The summed E-state index contributed by atoms with van der Waals surface area (Å²) < 4.78 is 13.6. The number of nitrogens with one attached hydrogen (secondary N) is 1. The first-order valence-corrected chi connectivity index (χ1v) is 8.53. The SMILES string of the molecule is C[C@H](SCC(=O)NCC(=O)N1CCCC1)c1ccccc1F. The van der Waals surface area contributed by atoms with E-state index in [0.717, 1.165) is 25.9 Å². The fraction of sp³-hybridized carbons (Fsp3) is 0.500. The standard InChI is InChI=1S/C16H21FN2O2S/c1-12(13-6-2-3-7-14(13)17)22-11-15(20)18-10-16(21)19-8-4-5-9-19/h2-3,6-7,12H,4-5,8-11H2,1H3,(H,18,20)/t12-/m0/s1. The van der Waals surface area contributed by atoms with Crippen molar-refractivity contribution in [2.75, 3.05) is 25.4 Å². The number of thioether (sulfide) groups is 1. The molecule has 120 valence electrons. The first-order chi connectivity index (χ1) is 10.6. The minimum Gasteiger partial charge on any atom is -0.346 e. The van der Waals surface area contributed by atoms with Crippen LogP contribution in [0.25, 0.3) is 0 Å². The van der Waals surface area contributed by atoms with Gasteiger partial charge >= 0.3 is 0 Å². The van der Waals surface area contributed by atoms with Crippen LogP contribution in [0, 0.1) is 5.82 Å². The number of amides is 2. The number of hydrogen-bond acceptors (Lipinski definition) is 3. The summed E-state index contributed by atoms with van der Waals surface area (Å²) in [6, 6.07) is 6.57. The Hall–Kier alpha value is -1.56. The molecule has 0 radical (unpaired) electrons. The molecule has 1 atom stereocenters. The normalized spacial score (nSPS) is 15.6. The average molecular weight is 324 g/mol. The zero-order chi connectivity index (χ0) is 15.9. The number of nitrogens with zero attached hydrogens (tertiary/aromatic N) is 1. The van der Waals surface area contributed by atoms with Gasteiger partial charge in [0.15, 0.2) is 0 Å². The summed E-state index contributed by atoms with van der Waals surface area (Å²) in [5.74, 6) is -0.270. The summed E-state index contributed by atoms with van der Waals surface area (Å²) in [4.78, 5) is 25.4. The Kier molecular flexibility index (Phi) is 6.24. The maximum Gasteiger partial charge on any atom is 0.241 e. The first-order valence-electron chi connectivity index (χ1n) is 7.48. The molecule has 0 aliphatic carbocycles. The Morgan fingerprint density at radius 2 is 2.00 bits per heavy atom. The molecule has 2 rings (SSSR count). The number of carbonyl (C=O) groups excluding carboxylic acids is 2. The van der Waals surface area contributed by atoms with Crippen molar-refractivity contribution in [3.05, 3.63) is 35.6 Å². The van der Waals surface area contributed by atoms with Crippen LogP contribution in [0.4, 0.5) is 4.39 Å². The van der Waals surface area contributed by atoms with Crippen LogP contribution < -0.4 is 5.32 Å². The molecule has 2 amide bonds. The van der Waals surface area contributed by atoms with Crippen LogP contribution >= 0.6 is 11.8 Å². The van der Waals surface area contributed by atoms with Gasteiger partial charge in [0.25, 0.3) is 0 Å². The minimum absolute atomic E-state index is 0.0296. The van der Waals surface area contributed by atoms with Crippen LogP contribution in [0.2, 0.25) is 0 Å². The Bertz CT molecular complexity index is 533. The summed E-state index contributed by atoms with van der Waals surface area (Å²) in [7, 11) is 0. The van der Waals surface area contributed by atoms with Gasteiger partial charge in [-0.1, -0.05) is 18.2 Å². The minimum atomic E-state index is -0.257. The van der Waals surface area contributed by atoms with Crippen LogP contribution in [0.5, 0.6) is 0 Å². The molecule has 0 saturated carbocycles. The molecule has 1 heterocycles. The average Bonchev–Trinajstić information content (AvgIpc) is 3.05. The van der Waals surface area contributed by atoms with Gasteiger partial charge in [-0.05, 0) is 25.8 Å². The van der Waals surface area contributed by atoms with Gasteiger partial charge in [-0.3, -0.25) is 9.59 Å². The fourth-order valence-corrected chi connectivity index (χ4v) is 3.27. The molecular weight excluding hydrogens is 303 g/mol. The van der Waals surface area contributed by atoms with Gasteiger partial charge in [0, 0.05) is 23.9 Å². The van der Waals surface area contributed by atoms with Crippen LogP contribution in [-0.4, -0.2) is 42.1 Å². The highest BCUT2D eigenvalue weighted by Gasteiger charge is 2.18. The van der Waals surface area contributed by atoms with Gasteiger partial charge in [-0.25, -0.2) is 4.39 Å². The first kappa shape index (κ1) is 16.8. The Morgan fingerprint density at radius 1 is 1.32 bits per heavy atom. The van der Waals surface area contributed by atoms with Crippen LogP contribution in [0.15, 0.2) is 24.3 Å². The molecule has 0 spiro atoms. The van der Waals surface area contributed by atoms with Crippen molar-refractivity contribution >= 4 is 23.6 Å². The molecule has 0 aromatic heterocycles. The van der Waals surface area contributed by atoms with Crippen molar-refractivity contribution in [1.82, 2.24) is 10.2 Å². The van der Waals surface area contributed by atoms with Crippen molar-refractivity contribution < 1.29 is 14.0 Å². The van der Waals surface area contributed by atoms with Gasteiger partial charge in [-0.2, -0.15) is 0 Å². The highest BCUT2D eigenvalue weighted by molar-refractivity contribution is 8.00. The predicted octanol–water partition coefficient (Wildman–Crippen LogP) is 2.36. The van der Waals surface area contributed by atoms with Crippen LogP contribution in [-0.2, 0) is 9.59 Å². The quantitative estimate of drug-likeness (QED) is 0.874. The van der Waals surface area contributed by atoms with E-state index in [9.17, 15) is 14.0 Å². The number of rotatable bonds is 6. The van der Waals surface area contributed by atoms with E-state index < -0.39 is 0 Å². The zero-order valence-electron chi connectivity index (χ0n) is 12.7. The number of hydrogen-bond donors (Lipinski definition) is 1. The van der Waals surface area contributed by atoms with E-state index >= 15 is 0 Å². The van der Waals surface area contributed by atoms with E-state index in [1.54, 1.807) is 23.1 Å². The molecule has 1 aromatic rings. The molecule has 1 aliphatic heterocycles. The smallest absolute Gasteiger partial charge is 0.241 e. The van der Waals surface area contributed by atoms with E-state index in [-0.39, 0.29) is 35.2 Å².